The summed E-state index contributed by atoms with van der Waals surface area (Å²) >= 11 is 0. The van der Waals surface area contributed by atoms with Crippen molar-refractivity contribution in [2.45, 2.75) is 0 Å². The van der Waals surface area contributed by atoms with Crippen LogP contribution in [0.3, 0.4) is 0 Å². The predicted octanol–water partition coefficient (Wildman–Crippen LogP) is 3.42. The van der Waals surface area contributed by atoms with Gasteiger partial charge >= 0.3 is 5.97 Å². The zero-order chi connectivity index (χ0) is 19.2. The van der Waals surface area contributed by atoms with Crippen LogP contribution in [0.25, 0.3) is 11.3 Å². The lowest BCUT2D eigenvalue weighted by atomic mass is 10.1. The molecule has 0 fully saturated rings. The van der Waals surface area contributed by atoms with Crippen LogP contribution in [0.4, 0.5) is 0 Å². The highest BCUT2D eigenvalue weighted by atomic mass is 16.5. The molecular weight excluding hydrogens is 348 g/mol. The first-order valence-electron chi connectivity index (χ1n) is 7.98. The Labute approximate surface area is 154 Å². The number of hydrazone groups is 1. The summed E-state index contributed by atoms with van der Waals surface area (Å²) in [5.74, 6) is 0.332. The van der Waals surface area contributed by atoms with Crippen LogP contribution in [-0.4, -0.2) is 30.3 Å². The number of furan rings is 1. The van der Waals surface area contributed by atoms with Crippen molar-refractivity contribution in [2.24, 2.45) is 5.10 Å². The lowest BCUT2D eigenvalue weighted by Crippen LogP contribution is -2.17. The van der Waals surface area contributed by atoms with E-state index in [0.29, 0.717) is 22.8 Å². The molecule has 0 spiro atoms. The smallest absolute Gasteiger partial charge is 0.335 e. The Morgan fingerprint density at radius 2 is 1.67 bits per heavy atom. The minimum absolute atomic E-state index is 0.202. The first kappa shape index (κ1) is 17.9. The van der Waals surface area contributed by atoms with Crippen molar-refractivity contribution in [1.29, 1.82) is 0 Å². The Bertz CT molecular complexity index is 972. The fourth-order valence-corrected chi connectivity index (χ4v) is 2.32. The predicted molar refractivity (Wildman–Crippen MR) is 99.2 cm³/mol. The number of aromatic carboxylic acids is 1. The number of carbonyl (C=O) groups excluding carboxylic acids is 1. The zero-order valence-corrected chi connectivity index (χ0v) is 14.4. The number of hydrogen-bond donors (Lipinski definition) is 2. The van der Waals surface area contributed by atoms with Crippen molar-refractivity contribution >= 4 is 18.1 Å². The second-order valence-corrected chi connectivity index (χ2v) is 5.51. The van der Waals surface area contributed by atoms with Gasteiger partial charge in [-0.3, -0.25) is 4.79 Å². The number of methoxy groups -OCH3 is 1. The number of carboxylic acids is 1. The van der Waals surface area contributed by atoms with Crippen molar-refractivity contribution in [1.82, 2.24) is 5.43 Å². The zero-order valence-electron chi connectivity index (χ0n) is 14.4. The Morgan fingerprint density at radius 3 is 2.30 bits per heavy atom. The highest BCUT2D eigenvalue weighted by Crippen LogP contribution is 2.22. The van der Waals surface area contributed by atoms with Crippen molar-refractivity contribution < 1.29 is 23.8 Å². The lowest BCUT2D eigenvalue weighted by molar-refractivity contribution is 0.0696. The molecule has 3 rings (SSSR count). The summed E-state index contributed by atoms with van der Waals surface area (Å²) < 4.78 is 10.7. The van der Waals surface area contributed by atoms with Gasteiger partial charge in [0.25, 0.3) is 5.91 Å². The van der Waals surface area contributed by atoms with Crippen LogP contribution in [0.2, 0.25) is 0 Å². The third-order valence-electron chi connectivity index (χ3n) is 3.75. The average Bonchev–Trinajstić information content (AvgIpc) is 3.17. The molecular formula is C20H16N2O5. The number of ether oxygens (including phenoxy) is 1. The highest BCUT2D eigenvalue weighted by Gasteiger charge is 2.07. The van der Waals surface area contributed by atoms with Gasteiger partial charge < -0.3 is 14.3 Å². The second kappa shape index (κ2) is 8.01. The third-order valence-corrected chi connectivity index (χ3v) is 3.75. The van der Waals surface area contributed by atoms with Gasteiger partial charge in [-0.05, 0) is 48.5 Å². The number of nitrogens with one attached hydrogen (secondary N) is 1. The van der Waals surface area contributed by atoms with Crippen molar-refractivity contribution in [3.63, 3.8) is 0 Å². The molecule has 0 aliphatic heterocycles. The molecule has 2 N–H and O–H groups in total. The minimum atomic E-state index is -0.985. The van der Waals surface area contributed by atoms with Crippen LogP contribution in [0.1, 0.15) is 26.5 Å². The number of nitrogens with zero attached hydrogens (tertiary/aromatic N) is 1. The summed E-state index contributed by atoms with van der Waals surface area (Å²) in [5.41, 5.74) is 3.81. The standard InChI is InChI=1S/C20H16N2O5/c1-26-16-8-6-14(7-9-16)19(23)22-21-12-17-10-11-18(27-17)13-2-4-15(5-3-13)20(24)25/h2-12H,1H3,(H,22,23)(H,24,25)/b21-12+. The maximum absolute atomic E-state index is 12.0. The Hall–Kier alpha value is -3.87. The molecule has 1 amide bonds. The summed E-state index contributed by atoms with van der Waals surface area (Å²) in [5, 5.41) is 12.8. The number of carbonyl (C=O) groups is 2. The normalized spacial score (nSPS) is 10.7. The first-order valence-corrected chi connectivity index (χ1v) is 7.98. The summed E-state index contributed by atoms with van der Waals surface area (Å²) in [7, 11) is 1.55. The molecule has 7 heteroatoms. The van der Waals surface area contributed by atoms with Crippen LogP contribution in [-0.2, 0) is 0 Å². The molecule has 3 aromatic rings. The van der Waals surface area contributed by atoms with Gasteiger partial charge in [-0.2, -0.15) is 5.10 Å². The molecule has 1 aromatic heterocycles. The molecule has 1 heterocycles. The van der Waals surface area contributed by atoms with E-state index < -0.39 is 5.97 Å². The topological polar surface area (TPSA) is 101 Å². The van der Waals surface area contributed by atoms with Crippen LogP contribution >= 0.6 is 0 Å². The minimum Gasteiger partial charge on any atom is -0.497 e. The van der Waals surface area contributed by atoms with Crippen molar-refractivity contribution in [3.8, 4) is 17.1 Å². The molecule has 136 valence electrons. The van der Waals surface area contributed by atoms with E-state index in [1.54, 1.807) is 55.6 Å². The molecule has 2 aromatic carbocycles. The van der Waals surface area contributed by atoms with E-state index in [9.17, 15) is 9.59 Å². The van der Waals surface area contributed by atoms with E-state index in [2.05, 4.69) is 10.5 Å². The Balaban J connectivity index is 1.62. The number of rotatable bonds is 6. The van der Waals surface area contributed by atoms with Gasteiger partial charge in [-0.1, -0.05) is 12.1 Å². The number of carboxylic acid groups (broad SMARTS) is 1. The van der Waals surface area contributed by atoms with Gasteiger partial charge in [0.15, 0.2) is 0 Å². The van der Waals surface area contributed by atoms with Crippen LogP contribution in [0.5, 0.6) is 5.75 Å². The SMILES string of the molecule is COc1ccc(C(=O)N/N=C/c2ccc(-c3ccc(C(=O)O)cc3)o2)cc1. The van der Waals surface area contributed by atoms with E-state index in [-0.39, 0.29) is 11.5 Å². The van der Waals surface area contributed by atoms with Gasteiger partial charge in [0, 0.05) is 11.1 Å². The fraction of sp³-hybridized carbons (Fsp3) is 0.0500. The molecule has 0 saturated heterocycles. The molecule has 27 heavy (non-hydrogen) atoms. The fourth-order valence-electron chi connectivity index (χ4n) is 2.32. The molecule has 0 aliphatic carbocycles. The van der Waals surface area contributed by atoms with Gasteiger partial charge in [0.2, 0.25) is 0 Å². The van der Waals surface area contributed by atoms with Gasteiger partial charge in [0.05, 0.1) is 18.9 Å². The van der Waals surface area contributed by atoms with Crippen LogP contribution in [0, 0.1) is 0 Å². The number of amides is 1. The molecule has 0 atom stereocenters. The van der Waals surface area contributed by atoms with Crippen molar-refractivity contribution in [2.75, 3.05) is 7.11 Å². The third kappa shape index (κ3) is 4.40. The van der Waals surface area contributed by atoms with E-state index in [4.69, 9.17) is 14.3 Å². The molecule has 0 aliphatic rings. The van der Waals surface area contributed by atoms with E-state index in [1.165, 1.54) is 18.3 Å². The number of hydrogen-bond acceptors (Lipinski definition) is 5. The van der Waals surface area contributed by atoms with Gasteiger partial charge in [-0.15, -0.1) is 0 Å². The Kier molecular flexibility index (Phi) is 5.32. The molecule has 0 bridgehead atoms. The average molecular weight is 364 g/mol. The molecule has 0 saturated carbocycles. The quantitative estimate of drug-likeness (QED) is 0.515. The molecule has 0 radical (unpaired) electrons. The first-order chi connectivity index (χ1) is 13.1. The van der Waals surface area contributed by atoms with E-state index in [0.717, 1.165) is 5.56 Å². The number of benzene rings is 2. The summed E-state index contributed by atoms with van der Waals surface area (Å²) in [6, 6.07) is 16.4. The van der Waals surface area contributed by atoms with Crippen molar-refractivity contribution in [3.05, 3.63) is 77.6 Å². The second-order valence-electron chi connectivity index (χ2n) is 5.51. The lowest BCUT2D eigenvalue weighted by Gasteiger charge is -2.01. The highest BCUT2D eigenvalue weighted by molar-refractivity contribution is 5.94. The van der Waals surface area contributed by atoms with E-state index in [1.807, 2.05) is 0 Å². The molecule has 0 unspecified atom stereocenters. The summed E-state index contributed by atoms with van der Waals surface area (Å²) in [6.07, 6.45) is 1.39. The summed E-state index contributed by atoms with van der Waals surface area (Å²) in [4.78, 5) is 22.9. The van der Waals surface area contributed by atoms with Gasteiger partial charge in [0.1, 0.15) is 17.3 Å². The monoisotopic (exact) mass is 364 g/mol. The van der Waals surface area contributed by atoms with E-state index >= 15 is 0 Å². The molecule has 7 nitrogen and oxygen atoms in total. The largest absolute Gasteiger partial charge is 0.497 e. The summed E-state index contributed by atoms with van der Waals surface area (Å²) in [6.45, 7) is 0. The van der Waals surface area contributed by atoms with Crippen LogP contribution < -0.4 is 10.2 Å². The van der Waals surface area contributed by atoms with Crippen LogP contribution in [0.15, 0.2) is 70.2 Å². The maximum atomic E-state index is 12.0. The van der Waals surface area contributed by atoms with Gasteiger partial charge in [-0.25, -0.2) is 10.2 Å². The maximum Gasteiger partial charge on any atom is 0.335 e. The Morgan fingerprint density at radius 1 is 1.00 bits per heavy atom.